The van der Waals surface area contributed by atoms with Gasteiger partial charge in [0.25, 0.3) is 0 Å². The molecular weight excluding hydrogens is 368 g/mol. The Balaban J connectivity index is 2.06. The van der Waals surface area contributed by atoms with Crippen molar-refractivity contribution in [2.75, 3.05) is 17.9 Å². The number of hydrogen-bond acceptors (Lipinski definition) is 3. The van der Waals surface area contributed by atoms with Gasteiger partial charge in [-0.1, -0.05) is 23.8 Å². The van der Waals surface area contributed by atoms with Crippen LogP contribution in [0.2, 0.25) is 0 Å². The molecule has 0 amide bonds. The Bertz CT molecular complexity index is 727. The van der Waals surface area contributed by atoms with Crippen molar-refractivity contribution in [1.82, 2.24) is 4.72 Å². The summed E-state index contributed by atoms with van der Waals surface area (Å²) in [6.45, 7) is 2.01. The first-order chi connectivity index (χ1) is 11.5. The minimum atomic E-state index is -1.44. The van der Waals surface area contributed by atoms with Gasteiger partial charge in [0, 0.05) is 17.3 Å². The van der Waals surface area contributed by atoms with Gasteiger partial charge in [-0.15, -0.1) is 0 Å². The largest absolute Gasteiger partial charge is 0.395 e. The molecule has 24 heavy (non-hydrogen) atoms. The predicted molar refractivity (Wildman–Crippen MR) is 100 cm³/mol. The fourth-order valence-electron chi connectivity index (χ4n) is 1.99. The lowest BCUT2D eigenvalue weighted by Gasteiger charge is -2.11. The second-order valence-electron chi connectivity index (χ2n) is 4.96. The van der Waals surface area contributed by atoms with Gasteiger partial charge in [0.15, 0.2) is 0 Å². The highest BCUT2D eigenvalue weighted by molar-refractivity contribution is 7.90. The zero-order valence-electron chi connectivity index (χ0n) is 13.1. The first-order valence-corrected chi connectivity index (χ1v) is 9.98. The van der Waals surface area contributed by atoms with Crippen molar-refractivity contribution in [3.05, 3.63) is 58.0 Å². The van der Waals surface area contributed by atoms with Gasteiger partial charge in [0.2, 0.25) is 0 Å². The minimum Gasteiger partial charge on any atom is -0.395 e. The Morgan fingerprint density at radius 2 is 1.92 bits per heavy atom. The molecule has 0 saturated heterocycles. The average Bonchev–Trinajstić information content (AvgIpc) is 2.75. The number of halogens is 1. The lowest BCUT2D eigenvalue weighted by Crippen LogP contribution is -2.20. The molecule has 0 spiro atoms. The van der Waals surface area contributed by atoms with Gasteiger partial charge < -0.3 is 9.83 Å². The Morgan fingerprint density at radius 3 is 2.58 bits per heavy atom. The molecule has 1 aromatic carbocycles. The standard InChI is InChI=1S/C16H19ClN2O3S2/c1-12-15(17)4-2-3-5-16(12)24(22)19-13-6-8-14(9-7-13)23(21)18-10-11-20/h2,4-9,18-20H,3,10-11H2,1H3. The number of rotatable bonds is 7. The van der Waals surface area contributed by atoms with Crippen molar-refractivity contribution >= 4 is 39.3 Å². The van der Waals surface area contributed by atoms with Gasteiger partial charge in [-0.2, -0.15) is 0 Å². The van der Waals surface area contributed by atoms with E-state index in [0.717, 1.165) is 5.57 Å². The van der Waals surface area contributed by atoms with Crippen LogP contribution in [-0.4, -0.2) is 26.7 Å². The molecule has 130 valence electrons. The number of anilines is 1. The SMILES string of the molecule is CC1=C(Cl)C=CCC=C1S(=O)Nc1ccc(S(=O)NCCO)cc1. The summed E-state index contributed by atoms with van der Waals surface area (Å²) >= 11 is 6.14. The van der Waals surface area contributed by atoms with Gasteiger partial charge in [-0.3, -0.25) is 0 Å². The van der Waals surface area contributed by atoms with Crippen LogP contribution >= 0.6 is 11.6 Å². The molecule has 0 bridgehead atoms. The number of aliphatic hydroxyl groups excluding tert-OH is 1. The molecule has 2 unspecified atom stereocenters. The van der Waals surface area contributed by atoms with E-state index in [1.807, 2.05) is 19.1 Å². The van der Waals surface area contributed by atoms with Crippen LogP contribution in [-0.2, 0) is 22.0 Å². The zero-order valence-corrected chi connectivity index (χ0v) is 15.5. The third kappa shape index (κ3) is 5.12. The average molecular weight is 387 g/mol. The van der Waals surface area contributed by atoms with Crippen LogP contribution in [0.4, 0.5) is 5.69 Å². The normalized spacial score (nSPS) is 17.2. The fraction of sp³-hybridized carbons (Fsp3) is 0.250. The summed E-state index contributed by atoms with van der Waals surface area (Å²) in [7, 11) is -2.82. The van der Waals surface area contributed by atoms with E-state index in [4.69, 9.17) is 16.7 Å². The molecule has 0 radical (unpaired) electrons. The molecule has 5 nitrogen and oxygen atoms in total. The summed E-state index contributed by atoms with van der Waals surface area (Å²) in [5.74, 6) is 0. The van der Waals surface area contributed by atoms with E-state index in [1.165, 1.54) is 0 Å². The number of nitrogens with one attached hydrogen (secondary N) is 2. The van der Waals surface area contributed by atoms with Crippen LogP contribution < -0.4 is 9.44 Å². The van der Waals surface area contributed by atoms with Crippen LogP contribution in [0.1, 0.15) is 13.3 Å². The molecule has 3 N–H and O–H groups in total. The molecule has 1 aliphatic carbocycles. The maximum absolute atomic E-state index is 12.5. The molecule has 0 heterocycles. The Hall–Kier alpha value is -1.25. The first kappa shape index (κ1) is 19.1. The second kappa shape index (κ2) is 9.29. The summed E-state index contributed by atoms with van der Waals surface area (Å²) in [6, 6.07) is 6.78. The smallest absolute Gasteiger partial charge is 0.150 e. The van der Waals surface area contributed by atoms with Crippen molar-refractivity contribution < 1.29 is 13.5 Å². The Morgan fingerprint density at radius 1 is 1.21 bits per heavy atom. The van der Waals surface area contributed by atoms with E-state index >= 15 is 0 Å². The topological polar surface area (TPSA) is 78.4 Å². The molecular formula is C16H19ClN2O3S2. The van der Waals surface area contributed by atoms with E-state index in [-0.39, 0.29) is 13.2 Å². The fourth-order valence-corrected chi connectivity index (χ4v) is 4.16. The molecule has 0 fully saturated rings. The van der Waals surface area contributed by atoms with E-state index < -0.39 is 22.0 Å². The molecule has 2 rings (SSSR count). The number of allylic oxidation sites excluding steroid dienone is 5. The Kier molecular flexibility index (Phi) is 7.39. The summed E-state index contributed by atoms with van der Waals surface area (Å²) < 4.78 is 30.0. The third-order valence-electron chi connectivity index (χ3n) is 3.25. The quantitative estimate of drug-likeness (QED) is 0.674. The first-order valence-electron chi connectivity index (χ1n) is 7.31. The number of aliphatic hydroxyl groups is 1. The third-order valence-corrected chi connectivity index (χ3v) is 6.12. The highest BCUT2D eigenvalue weighted by Crippen LogP contribution is 2.26. The highest BCUT2D eigenvalue weighted by Gasteiger charge is 2.14. The van der Waals surface area contributed by atoms with Crippen molar-refractivity contribution in [2.24, 2.45) is 0 Å². The van der Waals surface area contributed by atoms with Gasteiger partial charge in [0.1, 0.15) is 22.0 Å². The lowest BCUT2D eigenvalue weighted by molar-refractivity contribution is 0.302. The summed E-state index contributed by atoms with van der Waals surface area (Å²) in [5.41, 5.74) is 1.43. The second-order valence-corrected chi connectivity index (χ2v) is 7.85. The van der Waals surface area contributed by atoms with Gasteiger partial charge in [-0.25, -0.2) is 13.1 Å². The van der Waals surface area contributed by atoms with E-state index in [0.29, 0.717) is 26.9 Å². The van der Waals surface area contributed by atoms with Crippen LogP contribution in [0.3, 0.4) is 0 Å². The predicted octanol–water partition coefficient (Wildman–Crippen LogP) is 2.72. The molecule has 1 aromatic rings. The number of hydrogen-bond donors (Lipinski definition) is 3. The van der Waals surface area contributed by atoms with Gasteiger partial charge in [-0.05, 0) is 49.3 Å². The van der Waals surface area contributed by atoms with Crippen LogP contribution in [0, 0.1) is 0 Å². The van der Waals surface area contributed by atoms with Crippen LogP contribution in [0.15, 0.2) is 62.9 Å². The number of benzene rings is 1. The van der Waals surface area contributed by atoms with Gasteiger partial charge in [0.05, 0.1) is 16.4 Å². The minimum absolute atomic E-state index is 0.0796. The van der Waals surface area contributed by atoms with Crippen molar-refractivity contribution in [1.29, 1.82) is 0 Å². The summed E-state index contributed by atoms with van der Waals surface area (Å²) in [5, 5.41) is 9.30. The Labute approximate surface area is 151 Å². The highest BCUT2D eigenvalue weighted by atomic mass is 35.5. The van der Waals surface area contributed by atoms with E-state index in [2.05, 4.69) is 9.44 Å². The molecule has 1 aliphatic rings. The van der Waals surface area contributed by atoms with Crippen LogP contribution in [0.5, 0.6) is 0 Å². The molecule has 0 aliphatic heterocycles. The molecule has 2 atom stereocenters. The maximum atomic E-state index is 12.5. The van der Waals surface area contributed by atoms with Gasteiger partial charge >= 0.3 is 0 Å². The van der Waals surface area contributed by atoms with Crippen LogP contribution in [0.25, 0.3) is 0 Å². The maximum Gasteiger partial charge on any atom is 0.150 e. The molecule has 0 saturated carbocycles. The van der Waals surface area contributed by atoms with E-state index in [1.54, 1.807) is 30.3 Å². The monoisotopic (exact) mass is 386 g/mol. The van der Waals surface area contributed by atoms with Crippen molar-refractivity contribution in [3.8, 4) is 0 Å². The summed E-state index contributed by atoms with van der Waals surface area (Å²) in [4.78, 5) is 1.24. The molecule has 0 aromatic heterocycles. The van der Waals surface area contributed by atoms with E-state index in [9.17, 15) is 8.42 Å². The van der Waals surface area contributed by atoms with Crippen molar-refractivity contribution in [3.63, 3.8) is 0 Å². The zero-order chi connectivity index (χ0) is 17.5. The lowest BCUT2D eigenvalue weighted by atomic mass is 10.2. The summed E-state index contributed by atoms with van der Waals surface area (Å²) in [6.07, 6.45) is 6.28. The van der Waals surface area contributed by atoms with Crippen molar-refractivity contribution in [2.45, 2.75) is 18.2 Å². The molecule has 8 heteroatoms.